The van der Waals surface area contributed by atoms with Gasteiger partial charge in [-0.15, -0.1) is 0 Å². The monoisotopic (exact) mass is 210 g/mol. The third-order valence-electron chi connectivity index (χ3n) is 3.42. The second kappa shape index (κ2) is 4.82. The van der Waals surface area contributed by atoms with Gasteiger partial charge in [0.1, 0.15) is 0 Å². The summed E-state index contributed by atoms with van der Waals surface area (Å²) < 4.78 is 0. The zero-order valence-electron chi connectivity index (χ0n) is 10.0. The van der Waals surface area contributed by atoms with E-state index in [2.05, 4.69) is 20.8 Å². The molecular formula is C13H22O2. The van der Waals surface area contributed by atoms with E-state index >= 15 is 0 Å². The standard InChI is InChI=1S/C13H22O2/c1-13(2,3)11-6-4-5-10(7-8-11)9-12(14)15/h9,11H,4-8H2,1-3H3,(H,14,15). The van der Waals surface area contributed by atoms with Crippen molar-refractivity contribution >= 4 is 5.97 Å². The topological polar surface area (TPSA) is 37.3 Å². The van der Waals surface area contributed by atoms with Crippen LogP contribution in [0.3, 0.4) is 0 Å². The van der Waals surface area contributed by atoms with Crippen molar-refractivity contribution in [1.82, 2.24) is 0 Å². The molecule has 0 saturated heterocycles. The summed E-state index contributed by atoms with van der Waals surface area (Å²) in [5, 5.41) is 8.71. The van der Waals surface area contributed by atoms with Gasteiger partial charge < -0.3 is 5.11 Å². The van der Waals surface area contributed by atoms with Crippen LogP contribution in [0.5, 0.6) is 0 Å². The van der Waals surface area contributed by atoms with E-state index in [-0.39, 0.29) is 0 Å². The van der Waals surface area contributed by atoms with Crippen molar-refractivity contribution in [3.8, 4) is 0 Å². The molecule has 2 nitrogen and oxygen atoms in total. The van der Waals surface area contributed by atoms with Crippen molar-refractivity contribution in [3.63, 3.8) is 0 Å². The van der Waals surface area contributed by atoms with Gasteiger partial charge in [-0.25, -0.2) is 4.79 Å². The maximum Gasteiger partial charge on any atom is 0.328 e. The lowest BCUT2D eigenvalue weighted by molar-refractivity contribution is -0.131. The van der Waals surface area contributed by atoms with Crippen molar-refractivity contribution in [2.75, 3.05) is 0 Å². The summed E-state index contributed by atoms with van der Waals surface area (Å²) in [4.78, 5) is 10.6. The lowest BCUT2D eigenvalue weighted by Gasteiger charge is -2.29. The van der Waals surface area contributed by atoms with Crippen molar-refractivity contribution in [2.45, 2.75) is 52.9 Å². The van der Waals surface area contributed by atoms with Crippen molar-refractivity contribution in [3.05, 3.63) is 11.6 Å². The van der Waals surface area contributed by atoms with Crippen LogP contribution in [0.15, 0.2) is 11.6 Å². The van der Waals surface area contributed by atoms with Crippen LogP contribution in [0.1, 0.15) is 52.9 Å². The Morgan fingerprint density at radius 1 is 1.33 bits per heavy atom. The SMILES string of the molecule is CC(C)(C)C1CCCC(=CC(=O)O)CC1. The van der Waals surface area contributed by atoms with Gasteiger partial charge in [-0.1, -0.05) is 26.3 Å². The molecule has 0 heterocycles. The molecule has 1 aliphatic rings. The second-order valence-corrected chi connectivity index (χ2v) is 5.63. The summed E-state index contributed by atoms with van der Waals surface area (Å²) >= 11 is 0. The highest BCUT2D eigenvalue weighted by atomic mass is 16.4. The minimum atomic E-state index is -0.792. The first-order chi connectivity index (χ1) is 6.89. The molecule has 1 unspecified atom stereocenters. The van der Waals surface area contributed by atoms with Crippen LogP contribution in [-0.2, 0) is 4.79 Å². The van der Waals surface area contributed by atoms with E-state index in [4.69, 9.17) is 5.11 Å². The van der Waals surface area contributed by atoms with E-state index < -0.39 is 5.97 Å². The minimum Gasteiger partial charge on any atom is -0.478 e. The average molecular weight is 210 g/mol. The van der Waals surface area contributed by atoms with Crippen LogP contribution in [-0.4, -0.2) is 11.1 Å². The number of hydrogen-bond donors (Lipinski definition) is 1. The highest BCUT2D eigenvalue weighted by Crippen LogP contribution is 2.38. The molecule has 1 fully saturated rings. The number of carbonyl (C=O) groups is 1. The van der Waals surface area contributed by atoms with E-state index in [9.17, 15) is 4.79 Å². The largest absolute Gasteiger partial charge is 0.478 e. The van der Waals surface area contributed by atoms with Gasteiger partial charge in [-0.3, -0.25) is 0 Å². The Morgan fingerprint density at radius 2 is 2.00 bits per heavy atom. The van der Waals surface area contributed by atoms with Gasteiger partial charge in [0.05, 0.1) is 0 Å². The Labute approximate surface area is 92.4 Å². The maximum atomic E-state index is 10.6. The second-order valence-electron chi connectivity index (χ2n) is 5.63. The zero-order valence-corrected chi connectivity index (χ0v) is 10.0. The maximum absolute atomic E-state index is 10.6. The molecule has 1 N–H and O–H groups in total. The van der Waals surface area contributed by atoms with Crippen LogP contribution < -0.4 is 0 Å². The summed E-state index contributed by atoms with van der Waals surface area (Å²) in [5.74, 6) is -0.0589. The first kappa shape index (κ1) is 12.3. The molecule has 1 rings (SSSR count). The first-order valence-corrected chi connectivity index (χ1v) is 5.82. The van der Waals surface area contributed by atoms with Gasteiger partial charge in [0.25, 0.3) is 0 Å². The number of allylic oxidation sites excluding steroid dienone is 1. The Bertz CT molecular complexity index is 258. The van der Waals surface area contributed by atoms with Crippen molar-refractivity contribution < 1.29 is 9.90 Å². The van der Waals surface area contributed by atoms with Crippen molar-refractivity contribution in [2.24, 2.45) is 11.3 Å². The number of hydrogen-bond acceptors (Lipinski definition) is 1. The highest BCUT2D eigenvalue weighted by Gasteiger charge is 2.26. The average Bonchev–Trinajstić information content (AvgIpc) is 2.27. The molecule has 0 bridgehead atoms. The normalized spacial score (nSPS) is 26.3. The fourth-order valence-electron chi connectivity index (χ4n) is 2.39. The van der Waals surface area contributed by atoms with Crippen LogP contribution >= 0.6 is 0 Å². The molecule has 1 atom stereocenters. The predicted octanol–water partition coefficient (Wildman–Crippen LogP) is 3.62. The molecule has 0 aromatic rings. The summed E-state index contributed by atoms with van der Waals surface area (Å²) in [6.45, 7) is 6.84. The third kappa shape index (κ3) is 4.06. The van der Waals surface area contributed by atoms with E-state index in [0.29, 0.717) is 5.41 Å². The zero-order chi connectivity index (χ0) is 11.5. The van der Waals surface area contributed by atoms with Gasteiger partial charge in [0.15, 0.2) is 0 Å². The number of rotatable bonds is 1. The predicted molar refractivity (Wildman–Crippen MR) is 61.7 cm³/mol. The molecule has 0 aromatic heterocycles. The summed E-state index contributed by atoms with van der Waals surface area (Å²) in [7, 11) is 0. The van der Waals surface area contributed by atoms with Gasteiger partial charge in [0, 0.05) is 6.08 Å². The first-order valence-electron chi connectivity index (χ1n) is 5.82. The Hall–Kier alpha value is -0.790. The van der Waals surface area contributed by atoms with Crippen LogP contribution in [0.2, 0.25) is 0 Å². The Morgan fingerprint density at radius 3 is 2.53 bits per heavy atom. The van der Waals surface area contributed by atoms with Gasteiger partial charge in [-0.2, -0.15) is 0 Å². The van der Waals surface area contributed by atoms with Crippen LogP contribution in [0.4, 0.5) is 0 Å². The van der Waals surface area contributed by atoms with E-state index in [1.807, 2.05) is 0 Å². The number of aliphatic carboxylic acids is 1. The molecule has 86 valence electrons. The Balaban J connectivity index is 2.60. The summed E-state index contributed by atoms with van der Waals surface area (Å²) in [6, 6.07) is 0. The fourth-order valence-corrected chi connectivity index (χ4v) is 2.39. The summed E-state index contributed by atoms with van der Waals surface area (Å²) in [6.07, 6.45) is 6.86. The van der Waals surface area contributed by atoms with Gasteiger partial charge in [0.2, 0.25) is 0 Å². The molecule has 0 radical (unpaired) electrons. The summed E-state index contributed by atoms with van der Waals surface area (Å²) in [5.41, 5.74) is 1.48. The molecule has 2 heteroatoms. The minimum absolute atomic E-state index is 0.360. The smallest absolute Gasteiger partial charge is 0.328 e. The molecule has 0 aromatic carbocycles. The van der Waals surface area contributed by atoms with Crippen LogP contribution in [0, 0.1) is 11.3 Å². The molecule has 0 aliphatic heterocycles. The highest BCUT2D eigenvalue weighted by molar-refractivity contribution is 5.80. The Kier molecular flexibility index (Phi) is 3.95. The van der Waals surface area contributed by atoms with Gasteiger partial charge >= 0.3 is 5.97 Å². The molecule has 0 spiro atoms. The van der Waals surface area contributed by atoms with E-state index in [0.717, 1.165) is 37.2 Å². The molecular weight excluding hydrogens is 188 g/mol. The van der Waals surface area contributed by atoms with E-state index in [1.54, 1.807) is 0 Å². The van der Waals surface area contributed by atoms with Crippen molar-refractivity contribution in [1.29, 1.82) is 0 Å². The van der Waals surface area contributed by atoms with Crippen LogP contribution in [0.25, 0.3) is 0 Å². The van der Waals surface area contributed by atoms with E-state index in [1.165, 1.54) is 12.5 Å². The molecule has 15 heavy (non-hydrogen) atoms. The number of carboxylic acid groups (broad SMARTS) is 1. The lowest BCUT2D eigenvalue weighted by atomic mass is 9.76. The number of carboxylic acids is 1. The fraction of sp³-hybridized carbons (Fsp3) is 0.769. The third-order valence-corrected chi connectivity index (χ3v) is 3.42. The molecule has 0 amide bonds. The molecule has 1 saturated carbocycles. The lowest BCUT2D eigenvalue weighted by Crippen LogP contribution is -2.19. The quantitative estimate of drug-likeness (QED) is 0.530. The molecule has 1 aliphatic carbocycles. The van der Waals surface area contributed by atoms with Gasteiger partial charge in [-0.05, 0) is 43.4 Å².